The van der Waals surface area contributed by atoms with Crippen LogP contribution in [0.5, 0.6) is 0 Å². The van der Waals surface area contributed by atoms with Crippen LogP contribution in [0.25, 0.3) is 22.0 Å². The fraction of sp³-hybridized carbons (Fsp3) is 0.391. The van der Waals surface area contributed by atoms with Crippen LogP contribution in [0.1, 0.15) is 5.56 Å². The standard InChI is InChI=1S/C23H26N4O4S/c1-17-6-7-18(16-21(17)32(28,29)27-10-14-31-15-11-27)22-19-4-2-3-5-20(19)23(25-24-22)26-8-12-30-13-9-26/h2-7,16H,8-15H2,1H3. The number of benzene rings is 2. The van der Waals surface area contributed by atoms with E-state index in [-0.39, 0.29) is 0 Å². The largest absolute Gasteiger partial charge is 0.379 e. The van der Waals surface area contributed by atoms with Crippen LogP contribution in [0.2, 0.25) is 0 Å². The van der Waals surface area contributed by atoms with Crippen molar-refractivity contribution in [2.24, 2.45) is 0 Å². The van der Waals surface area contributed by atoms with Gasteiger partial charge in [0.05, 0.1) is 31.3 Å². The van der Waals surface area contributed by atoms with Crippen LogP contribution in [0.15, 0.2) is 47.4 Å². The molecule has 0 unspecified atom stereocenters. The second kappa shape index (κ2) is 8.74. The van der Waals surface area contributed by atoms with Crippen molar-refractivity contribution in [1.82, 2.24) is 14.5 Å². The Hall–Kier alpha value is -2.59. The third-order valence-corrected chi connectivity index (χ3v) is 8.07. The van der Waals surface area contributed by atoms with Crippen LogP contribution in [0, 0.1) is 6.92 Å². The number of hydrogen-bond acceptors (Lipinski definition) is 7. The predicted molar refractivity (Wildman–Crippen MR) is 122 cm³/mol. The zero-order chi connectivity index (χ0) is 22.1. The molecule has 0 amide bonds. The number of anilines is 1. The van der Waals surface area contributed by atoms with Crippen molar-refractivity contribution in [1.29, 1.82) is 0 Å². The van der Waals surface area contributed by atoms with E-state index in [1.54, 1.807) is 6.07 Å². The summed E-state index contributed by atoms with van der Waals surface area (Å²) < 4.78 is 39.0. The molecule has 2 aromatic carbocycles. The Balaban J connectivity index is 1.60. The monoisotopic (exact) mass is 454 g/mol. The van der Waals surface area contributed by atoms with Gasteiger partial charge >= 0.3 is 0 Å². The highest BCUT2D eigenvalue weighted by molar-refractivity contribution is 7.89. The molecule has 9 heteroatoms. The molecule has 32 heavy (non-hydrogen) atoms. The van der Waals surface area contributed by atoms with Gasteiger partial charge < -0.3 is 14.4 Å². The van der Waals surface area contributed by atoms with Gasteiger partial charge in [-0.1, -0.05) is 36.4 Å². The molecule has 5 rings (SSSR count). The fourth-order valence-electron chi connectivity index (χ4n) is 4.26. The minimum Gasteiger partial charge on any atom is -0.379 e. The number of rotatable bonds is 4. The average Bonchev–Trinajstić information content (AvgIpc) is 2.85. The molecule has 0 bridgehead atoms. The quantitative estimate of drug-likeness (QED) is 0.599. The Morgan fingerprint density at radius 2 is 1.50 bits per heavy atom. The molecule has 2 saturated heterocycles. The van der Waals surface area contributed by atoms with E-state index in [0.717, 1.165) is 35.2 Å². The molecule has 0 aliphatic carbocycles. The molecule has 3 heterocycles. The highest BCUT2D eigenvalue weighted by atomic mass is 32.2. The molecular formula is C23H26N4O4S. The normalized spacial score (nSPS) is 18.2. The van der Waals surface area contributed by atoms with Gasteiger partial charge in [0.15, 0.2) is 5.82 Å². The minimum absolute atomic E-state index is 0.306. The van der Waals surface area contributed by atoms with E-state index in [9.17, 15) is 8.42 Å². The molecule has 2 aliphatic rings. The van der Waals surface area contributed by atoms with Gasteiger partial charge in [-0.3, -0.25) is 0 Å². The van der Waals surface area contributed by atoms with Crippen LogP contribution in [-0.4, -0.2) is 75.5 Å². The smallest absolute Gasteiger partial charge is 0.243 e. The summed E-state index contributed by atoms with van der Waals surface area (Å²) >= 11 is 0. The highest BCUT2D eigenvalue weighted by Gasteiger charge is 2.28. The first-order chi connectivity index (χ1) is 15.6. The summed E-state index contributed by atoms with van der Waals surface area (Å²) in [6, 6.07) is 13.5. The Bertz CT molecular complexity index is 1240. The molecule has 0 atom stereocenters. The summed E-state index contributed by atoms with van der Waals surface area (Å²) in [6.45, 7) is 6.24. The molecule has 0 saturated carbocycles. The summed E-state index contributed by atoms with van der Waals surface area (Å²) in [5.41, 5.74) is 2.12. The number of hydrogen-bond donors (Lipinski definition) is 0. The van der Waals surface area contributed by atoms with Crippen molar-refractivity contribution in [2.75, 3.05) is 57.5 Å². The number of sulfonamides is 1. The van der Waals surface area contributed by atoms with Gasteiger partial charge in [-0.05, 0) is 18.6 Å². The SMILES string of the molecule is Cc1ccc(-c2nnc(N3CCOCC3)c3ccccc23)cc1S(=O)(=O)N1CCOCC1. The molecule has 168 valence electrons. The van der Waals surface area contributed by atoms with Crippen molar-refractivity contribution in [3.05, 3.63) is 48.0 Å². The van der Waals surface area contributed by atoms with Gasteiger partial charge in [-0.15, -0.1) is 10.2 Å². The van der Waals surface area contributed by atoms with E-state index < -0.39 is 10.0 Å². The van der Waals surface area contributed by atoms with E-state index >= 15 is 0 Å². The van der Waals surface area contributed by atoms with Gasteiger partial charge in [0.2, 0.25) is 10.0 Å². The fourth-order valence-corrected chi connectivity index (χ4v) is 5.92. The average molecular weight is 455 g/mol. The van der Waals surface area contributed by atoms with Crippen molar-refractivity contribution < 1.29 is 17.9 Å². The van der Waals surface area contributed by atoms with Crippen molar-refractivity contribution >= 4 is 26.6 Å². The lowest BCUT2D eigenvalue weighted by Crippen LogP contribution is -2.40. The molecule has 0 radical (unpaired) electrons. The lowest BCUT2D eigenvalue weighted by Gasteiger charge is -2.28. The van der Waals surface area contributed by atoms with Gasteiger partial charge in [-0.25, -0.2) is 8.42 Å². The third kappa shape index (κ3) is 3.86. The zero-order valence-electron chi connectivity index (χ0n) is 18.0. The first-order valence-corrected chi connectivity index (χ1v) is 12.3. The number of nitrogens with zero attached hydrogens (tertiary/aromatic N) is 4. The number of fused-ring (bicyclic) bond motifs is 1. The highest BCUT2D eigenvalue weighted by Crippen LogP contribution is 2.33. The molecule has 0 N–H and O–H groups in total. The molecule has 1 aromatic heterocycles. The number of aryl methyl sites for hydroxylation is 1. The van der Waals surface area contributed by atoms with Crippen LogP contribution in [0.4, 0.5) is 5.82 Å². The molecule has 2 fully saturated rings. The Morgan fingerprint density at radius 3 is 2.22 bits per heavy atom. The molecule has 2 aliphatic heterocycles. The molecule has 8 nitrogen and oxygen atoms in total. The second-order valence-electron chi connectivity index (χ2n) is 8.01. The maximum atomic E-state index is 13.3. The maximum absolute atomic E-state index is 13.3. The van der Waals surface area contributed by atoms with Crippen LogP contribution < -0.4 is 4.90 Å². The molecule has 0 spiro atoms. The Kier molecular flexibility index (Phi) is 5.81. The summed E-state index contributed by atoms with van der Waals surface area (Å²) in [5.74, 6) is 0.834. The van der Waals surface area contributed by atoms with E-state index in [2.05, 4.69) is 15.1 Å². The molecular weight excluding hydrogens is 428 g/mol. The number of morpholine rings is 2. The van der Waals surface area contributed by atoms with Crippen LogP contribution in [-0.2, 0) is 19.5 Å². The van der Waals surface area contributed by atoms with E-state index in [4.69, 9.17) is 9.47 Å². The topological polar surface area (TPSA) is 84.9 Å². The summed E-state index contributed by atoms with van der Waals surface area (Å²) in [6.07, 6.45) is 0. The Labute approximate surface area is 187 Å². The first-order valence-electron chi connectivity index (χ1n) is 10.8. The lowest BCUT2D eigenvalue weighted by molar-refractivity contribution is 0.0730. The van der Waals surface area contributed by atoms with Crippen molar-refractivity contribution in [3.8, 4) is 11.3 Å². The van der Waals surface area contributed by atoms with Gasteiger partial charge in [0, 0.05) is 42.5 Å². The third-order valence-electron chi connectivity index (χ3n) is 6.03. The minimum atomic E-state index is -3.62. The van der Waals surface area contributed by atoms with Gasteiger partial charge in [0.25, 0.3) is 0 Å². The van der Waals surface area contributed by atoms with Gasteiger partial charge in [-0.2, -0.15) is 4.31 Å². The lowest BCUT2D eigenvalue weighted by atomic mass is 10.0. The second-order valence-corrected chi connectivity index (χ2v) is 9.92. The van der Waals surface area contributed by atoms with Crippen molar-refractivity contribution in [3.63, 3.8) is 0 Å². The Morgan fingerprint density at radius 1 is 0.844 bits per heavy atom. The maximum Gasteiger partial charge on any atom is 0.243 e. The van der Waals surface area contributed by atoms with E-state index in [0.29, 0.717) is 55.7 Å². The van der Waals surface area contributed by atoms with E-state index in [1.807, 2.05) is 43.3 Å². The molecule has 3 aromatic rings. The first kappa shape index (κ1) is 21.3. The number of ether oxygens (including phenoxy) is 2. The summed E-state index contributed by atoms with van der Waals surface area (Å²) in [4.78, 5) is 2.49. The predicted octanol–water partition coefficient (Wildman–Crippen LogP) is 2.46. The summed E-state index contributed by atoms with van der Waals surface area (Å²) in [7, 11) is -3.62. The number of aromatic nitrogens is 2. The zero-order valence-corrected chi connectivity index (χ0v) is 18.8. The van der Waals surface area contributed by atoms with E-state index in [1.165, 1.54) is 4.31 Å². The van der Waals surface area contributed by atoms with Crippen LogP contribution >= 0.6 is 0 Å². The van der Waals surface area contributed by atoms with Crippen molar-refractivity contribution in [2.45, 2.75) is 11.8 Å². The van der Waals surface area contributed by atoms with Gasteiger partial charge in [0.1, 0.15) is 5.69 Å². The van der Waals surface area contributed by atoms with Crippen LogP contribution in [0.3, 0.4) is 0 Å². The summed E-state index contributed by atoms with van der Waals surface area (Å²) in [5, 5.41) is 11.1.